The Morgan fingerprint density at radius 2 is 2.27 bits per heavy atom. The van der Waals surface area contributed by atoms with E-state index in [1.807, 2.05) is 30.5 Å². The van der Waals surface area contributed by atoms with Gasteiger partial charge in [0.05, 0.1) is 4.92 Å². The van der Waals surface area contributed by atoms with Crippen LogP contribution >= 0.6 is 0 Å². The van der Waals surface area contributed by atoms with Gasteiger partial charge >= 0.3 is 0 Å². The van der Waals surface area contributed by atoms with Gasteiger partial charge in [-0.15, -0.1) is 0 Å². The van der Waals surface area contributed by atoms with Crippen LogP contribution in [0.3, 0.4) is 0 Å². The van der Waals surface area contributed by atoms with Gasteiger partial charge in [-0.05, 0) is 17.7 Å². The van der Waals surface area contributed by atoms with Crippen LogP contribution in [-0.4, -0.2) is 9.91 Å². The number of aromatic amines is 1. The summed E-state index contributed by atoms with van der Waals surface area (Å²) in [6.07, 6.45) is 3.40. The molecular weight excluding hydrogens is 192 g/mol. The van der Waals surface area contributed by atoms with Crippen molar-refractivity contribution in [2.45, 2.75) is 6.92 Å². The van der Waals surface area contributed by atoms with Crippen molar-refractivity contribution in [2.24, 2.45) is 0 Å². The number of nitro groups is 1. The first-order valence-electron chi connectivity index (χ1n) is 4.57. The number of H-pyrrole nitrogens is 1. The highest BCUT2D eigenvalue weighted by Gasteiger charge is 2.04. The zero-order valence-electron chi connectivity index (χ0n) is 8.23. The van der Waals surface area contributed by atoms with Crippen molar-refractivity contribution in [3.05, 3.63) is 51.8 Å². The summed E-state index contributed by atoms with van der Waals surface area (Å²) in [5.74, 6) is 0. The van der Waals surface area contributed by atoms with Gasteiger partial charge in [-0.25, -0.2) is 0 Å². The Kier molecular flexibility index (Phi) is 2.25. The molecule has 0 aliphatic heterocycles. The number of nitrogens with one attached hydrogen (secondary N) is 1. The average molecular weight is 202 g/mol. The zero-order valence-corrected chi connectivity index (χ0v) is 8.23. The van der Waals surface area contributed by atoms with Gasteiger partial charge in [0.1, 0.15) is 0 Å². The molecule has 0 aliphatic carbocycles. The molecule has 0 spiro atoms. The topological polar surface area (TPSA) is 58.9 Å². The van der Waals surface area contributed by atoms with E-state index in [0.717, 1.165) is 16.5 Å². The van der Waals surface area contributed by atoms with E-state index in [-0.39, 0.29) is 10.6 Å². The van der Waals surface area contributed by atoms with E-state index in [1.165, 1.54) is 6.92 Å². The van der Waals surface area contributed by atoms with Crippen molar-refractivity contribution in [3.63, 3.8) is 0 Å². The highest BCUT2D eigenvalue weighted by atomic mass is 16.6. The minimum atomic E-state index is -0.383. The summed E-state index contributed by atoms with van der Waals surface area (Å²) in [5, 5.41) is 11.5. The molecule has 76 valence electrons. The molecule has 0 fully saturated rings. The van der Waals surface area contributed by atoms with Gasteiger partial charge in [0, 0.05) is 30.1 Å². The van der Waals surface area contributed by atoms with E-state index in [4.69, 9.17) is 0 Å². The number of fused-ring (bicyclic) bond motifs is 1. The van der Waals surface area contributed by atoms with Crippen LogP contribution < -0.4 is 0 Å². The molecule has 0 bridgehead atoms. The predicted octanol–water partition coefficient (Wildman–Crippen LogP) is 2.81. The maximum absolute atomic E-state index is 10.5. The van der Waals surface area contributed by atoms with E-state index in [9.17, 15) is 10.1 Å². The number of aromatic nitrogens is 1. The molecule has 0 radical (unpaired) electrons. The summed E-state index contributed by atoms with van der Waals surface area (Å²) in [5.41, 5.74) is 1.99. The third kappa shape index (κ3) is 1.74. The van der Waals surface area contributed by atoms with Crippen LogP contribution in [0.15, 0.2) is 36.2 Å². The van der Waals surface area contributed by atoms with Crippen molar-refractivity contribution < 1.29 is 4.92 Å². The first-order valence-corrected chi connectivity index (χ1v) is 4.57. The molecule has 0 aliphatic rings. The molecule has 4 nitrogen and oxygen atoms in total. The van der Waals surface area contributed by atoms with Crippen LogP contribution in [0, 0.1) is 10.1 Å². The molecule has 1 aromatic heterocycles. The van der Waals surface area contributed by atoms with Gasteiger partial charge < -0.3 is 4.98 Å². The van der Waals surface area contributed by atoms with Crippen molar-refractivity contribution in [3.8, 4) is 0 Å². The van der Waals surface area contributed by atoms with Gasteiger partial charge in [-0.3, -0.25) is 10.1 Å². The molecule has 1 aromatic carbocycles. The predicted molar refractivity (Wildman–Crippen MR) is 58.9 cm³/mol. The van der Waals surface area contributed by atoms with Crippen molar-refractivity contribution in [2.75, 3.05) is 0 Å². The standard InChI is InChI=1S/C11H10N2O2/c1-8(13(14)15)7-9-3-2-4-11-10(9)5-6-12-11/h2-7,12H,1H3/b8-7+. The second kappa shape index (κ2) is 3.57. The second-order valence-electron chi connectivity index (χ2n) is 3.33. The molecule has 0 unspecified atom stereocenters. The summed E-state index contributed by atoms with van der Waals surface area (Å²) in [7, 11) is 0. The molecule has 1 heterocycles. The zero-order chi connectivity index (χ0) is 10.8. The van der Waals surface area contributed by atoms with Crippen LogP contribution in [0.25, 0.3) is 17.0 Å². The minimum Gasteiger partial charge on any atom is -0.361 e. The fourth-order valence-corrected chi connectivity index (χ4v) is 1.51. The van der Waals surface area contributed by atoms with E-state index >= 15 is 0 Å². The van der Waals surface area contributed by atoms with E-state index in [1.54, 1.807) is 6.08 Å². The van der Waals surface area contributed by atoms with Gasteiger partial charge in [-0.1, -0.05) is 12.1 Å². The summed E-state index contributed by atoms with van der Waals surface area (Å²) in [6.45, 7) is 1.49. The van der Waals surface area contributed by atoms with E-state index in [2.05, 4.69) is 4.98 Å². The molecule has 2 aromatic rings. The molecule has 0 saturated carbocycles. The molecule has 0 saturated heterocycles. The number of benzene rings is 1. The molecule has 15 heavy (non-hydrogen) atoms. The maximum Gasteiger partial charge on any atom is 0.243 e. The Hall–Kier alpha value is -2.10. The number of nitrogens with zero attached hydrogens (tertiary/aromatic N) is 1. The van der Waals surface area contributed by atoms with Crippen LogP contribution in [0.4, 0.5) is 0 Å². The Bertz CT molecular complexity index is 540. The van der Waals surface area contributed by atoms with E-state index < -0.39 is 0 Å². The van der Waals surface area contributed by atoms with Crippen molar-refractivity contribution >= 4 is 17.0 Å². The quantitative estimate of drug-likeness (QED) is 0.601. The van der Waals surface area contributed by atoms with Crippen molar-refractivity contribution in [1.29, 1.82) is 0 Å². The van der Waals surface area contributed by atoms with Crippen LogP contribution in [-0.2, 0) is 0 Å². The van der Waals surface area contributed by atoms with Gasteiger partial charge in [0.2, 0.25) is 5.70 Å². The molecular formula is C11H10N2O2. The summed E-state index contributed by atoms with van der Waals surface area (Å²) in [6, 6.07) is 7.59. The number of hydrogen-bond acceptors (Lipinski definition) is 2. The molecule has 1 N–H and O–H groups in total. The molecule has 2 rings (SSSR count). The largest absolute Gasteiger partial charge is 0.361 e. The van der Waals surface area contributed by atoms with Crippen LogP contribution in [0.1, 0.15) is 12.5 Å². The monoisotopic (exact) mass is 202 g/mol. The summed E-state index contributed by atoms with van der Waals surface area (Å²) < 4.78 is 0. The molecule has 4 heteroatoms. The minimum absolute atomic E-state index is 0.142. The lowest BCUT2D eigenvalue weighted by atomic mass is 10.1. The second-order valence-corrected chi connectivity index (χ2v) is 3.33. The normalized spacial score (nSPS) is 11.9. The Morgan fingerprint density at radius 3 is 3.00 bits per heavy atom. The third-order valence-electron chi connectivity index (χ3n) is 2.28. The Labute approximate surface area is 86.4 Å². The molecule has 0 amide bonds. The highest BCUT2D eigenvalue weighted by molar-refractivity contribution is 5.88. The van der Waals surface area contributed by atoms with Gasteiger partial charge in [0.25, 0.3) is 0 Å². The first kappa shape index (κ1) is 9.45. The highest BCUT2D eigenvalue weighted by Crippen LogP contribution is 2.19. The smallest absolute Gasteiger partial charge is 0.243 e. The SMILES string of the molecule is C/C(=C\c1cccc2[nH]ccc12)[N+](=O)[O-]. The maximum atomic E-state index is 10.5. The average Bonchev–Trinajstić information content (AvgIpc) is 2.66. The van der Waals surface area contributed by atoms with Crippen LogP contribution in [0.2, 0.25) is 0 Å². The van der Waals surface area contributed by atoms with Crippen LogP contribution in [0.5, 0.6) is 0 Å². The summed E-state index contributed by atoms with van der Waals surface area (Å²) >= 11 is 0. The van der Waals surface area contributed by atoms with E-state index in [0.29, 0.717) is 0 Å². The Balaban J connectivity index is 2.57. The molecule has 0 atom stereocenters. The van der Waals surface area contributed by atoms with Gasteiger partial charge in [-0.2, -0.15) is 0 Å². The fraction of sp³-hybridized carbons (Fsp3) is 0.0909. The number of rotatable bonds is 2. The first-order chi connectivity index (χ1) is 7.18. The number of hydrogen-bond donors (Lipinski definition) is 1. The lowest BCUT2D eigenvalue weighted by Crippen LogP contribution is -1.92. The fourth-order valence-electron chi connectivity index (χ4n) is 1.51. The summed E-state index contributed by atoms with van der Waals surface area (Å²) in [4.78, 5) is 13.2. The lowest BCUT2D eigenvalue weighted by molar-refractivity contribution is -0.422. The van der Waals surface area contributed by atoms with Crippen molar-refractivity contribution in [1.82, 2.24) is 4.98 Å². The Morgan fingerprint density at radius 1 is 1.47 bits per heavy atom. The van der Waals surface area contributed by atoms with Gasteiger partial charge in [0.15, 0.2) is 0 Å². The number of allylic oxidation sites excluding steroid dienone is 1. The third-order valence-corrected chi connectivity index (χ3v) is 2.28. The lowest BCUT2D eigenvalue weighted by Gasteiger charge is -1.96.